The number of rotatable bonds is 12. The summed E-state index contributed by atoms with van der Waals surface area (Å²) in [6.45, 7) is 1.56. The van der Waals surface area contributed by atoms with Crippen molar-refractivity contribution in [2.45, 2.75) is 11.8 Å². The Balaban J connectivity index is 1.48. The number of anilines is 6. The van der Waals surface area contributed by atoms with Crippen molar-refractivity contribution in [3.63, 3.8) is 0 Å². The minimum atomic E-state index is -4.77. The van der Waals surface area contributed by atoms with Crippen LogP contribution < -0.4 is 20.1 Å². The Hall–Kier alpha value is -3.83. The van der Waals surface area contributed by atoms with Crippen LogP contribution in [0.4, 0.5) is 34.9 Å². The van der Waals surface area contributed by atoms with Crippen LogP contribution in [-0.4, -0.2) is 66.0 Å². The summed E-state index contributed by atoms with van der Waals surface area (Å²) in [5.41, 5.74) is 0.495. The van der Waals surface area contributed by atoms with Gasteiger partial charge in [0.15, 0.2) is 5.94 Å². The molecule has 43 heavy (non-hydrogen) atoms. The molecule has 0 aliphatic heterocycles. The average Bonchev–Trinajstić information content (AvgIpc) is 2.88. The van der Waals surface area contributed by atoms with Crippen molar-refractivity contribution in [1.82, 2.24) is 29.9 Å². The molecule has 4 aromatic rings. The predicted octanol–water partition coefficient (Wildman–Crippen LogP) is 2.97. The molecular formula is C20H17Cl2N9O9S3. The fraction of sp³-hybridized carbons (Fsp3) is 0.100. The second-order valence-electron chi connectivity index (χ2n) is 7.86. The van der Waals surface area contributed by atoms with Crippen molar-refractivity contribution in [1.29, 1.82) is 0 Å². The minimum Gasteiger partial charge on any atom is -0.399 e. The van der Waals surface area contributed by atoms with Crippen LogP contribution in [0.5, 0.6) is 5.75 Å². The van der Waals surface area contributed by atoms with Crippen LogP contribution in [0.3, 0.4) is 0 Å². The smallest absolute Gasteiger partial charge is 0.398 e. The van der Waals surface area contributed by atoms with Gasteiger partial charge in [-0.1, -0.05) is 0 Å². The molecule has 4 rings (SSSR count). The molecule has 0 amide bonds. The van der Waals surface area contributed by atoms with Gasteiger partial charge in [0.1, 0.15) is 16.5 Å². The molecule has 1 atom stereocenters. The summed E-state index contributed by atoms with van der Waals surface area (Å²) < 4.78 is 84.4. The first-order chi connectivity index (χ1) is 20.1. The van der Waals surface area contributed by atoms with E-state index < -0.39 is 42.4 Å². The van der Waals surface area contributed by atoms with Crippen molar-refractivity contribution in [3.8, 4) is 5.75 Å². The molecule has 0 aliphatic carbocycles. The maximum Gasteiger partial charge on any atom is 0.398 e. The van der Waals surface area contributed by atoms with Crippen LogP contribution in [0.2, 0.25) is 10.6 Å². The number of aromatic nitrogens is 6. The molecule has 0 saturated carbocycles. The first-order valence-electron chi connectivity index (χ1n) is 11.1. The van der Waals surface area contributed by atoms with E-state index in [1.807, 2.05) is 0 Å². The lowest BCUT2D eigenvalue weighted by Gasteiger charge is -2.13. The predicted molar refractivity (Wildman–Crippen MR) is 153 cm³/mol. The normalized spacial score (nSPS) is 12.4. The van der Waals surface area contributed by atoms with Crippen LogP contribution in [0.25, 0.3) is 0 Å². The number of nitrogens with zero attached hydrogens (tertiary/aromatic N) is 6. The molecule has 18 nitrogen and oxygen atoms in total. The highest BCUT2D eigenvalue weighted by Crippen LogP contribution is 2.29. The Labute approximate surface area is 255 Å². The topological polar surface area (TPSA) is 258 Å². The summed E-state index contributed by atoms with van der Waals surface area (Å²) >= 11 is 9.63. The standard InChI is InChI=1S/C20H17Cl2N9O9S3/c1-10-23-16(21)28-18(24-10)27-14-7-4-12(8-15(14)42(33,34)35)26-20-30-17(22)29-19(31-20)25-11-2-5-13(6-3-11)40-41(32)9-39-43(36,37)38/h2-8H,9H2,1H3,(H,33,34,35)(H,36,37,38)(H,23,24,27,28)(H2,25,26,29,30,31). The second kappa shape index (κ2) is 13.2. The van der Waals surface area contributed by atoms with E-state index >= 15 is 0 Å². The highest BCUT2D eigenvalue weighted by atomic mass is 35.5. The molecule has 2 heterocycles. The van der Waals surface area contributed by atoms with Crippen molar-refractivity contribution in [2.24, 2.45) is 0 Å². The molecule has 0 spiro atoms. The molecule has 0 bridgehead atoms. The fourth-order valence-corrected chi connectivity index (χ4v) is 5.30. The summed E-state index contributed by atoms with van der Waals surface area (Å²) in [4.78, 5) is 23.3. The van der Waals surface area contributed by atoms with Gasteiger partial charge in [-0.3, -0.25) is 9.11 Å². The van der Waals surface area contributed by atoms with Gasteiger partial charge in [-0.25, -0.2) is 13.4 Å². The average molecular weight is 695 g/mol. The van der Waals surface area contributed by atoms with Crippen molar-refractivity contribution < 1.29 is 38.5 Å². The molecule has 228 valence electrons. The summed E-state index contributed by atoms with van der Waals surface area (Å²) in [5, 5.41) is 7.93. The Morgan fingerprint density at radius 2 is 1.35 bits per heavy atom. The number of halogens is 2. The van der Waals surface area contributed by atoms with Crippen molar-refractivity contribution in [2.75, 3.05) is 21.9 Å². The van der Waals surface area contributed by atoms with Crippen LogP contribution in [0.1, 0.15) is 5.82 Å². The number of hydrogen-bond donors (Lipinski definition) is 5. The number of hydrogen-bond acceptors (Lipinski definition) is 16. The third-order valence-corrected chi connectivity index (χ3v) is 7.17. The van der Waals surface area contributed by atoms with Gasteiger partial charge >= 0.3 is 10.4 Å². The number of nitrogens with one attached hydrogen (secondary N) is 3. The van der Waals surface area contributed by atoms with Gasteiger partial charge in [0.25, 0.3) is 10.1 Å². The maximum absolute atomic E-state index is 12.1. The van der Waals surface area contributed by atoms with E-state index in [1.165, 1.54) is 36.4 Å². The van der Waals surface area contributed by atoms with Crippen LogP contribution >= 0.6 is 23.2 Å². The van der Waals surface area contributed by atoms with E-state index in [9.17, 15) is 25.6 Å². The summed E-state index contributed by atoms with van der Waals surface area (Å²) in [7, 11) is -9.51. The van der Waals surface area contributed by atoms with E-state index in [0.717, 1.165) is 6.07 Å². The van der Waals surface area contributed by atoms with Gasteiger partial charge in [-0.2, -0.15) is 41.8 Å². The van der Waals surface area contributed by atoms with E-state index in [4.69, 9.17) is 31.9 Å². The molecule has 0 radical (unpaired) electrons. The molecule has 5 N–H and O–H groups in total. The van der Waals surface area contributed by atoms with Gasteiger partial charge in [-0.15, -0.1) is 0 Å². The SMILES string of the molecule is Cc1nc(Cl)nc(Nc2ccc(Nc3nc(Cl)nc(Nc4ccc(OS(=O)COS(=O)(=O)O)cc4)n3)cc2S(=O)(=O)O)n1. The lowest BCUT2D eigenvalue weighted by atomic mass is 10.3. The lowest BCUT2D eigenvalue weighted by molar-refractivity contribution is 0.305. The Kier molecular flexibility index (Phi) is 9.86. The quantitative estimate of drug-likeness (QED) is 0.134. The minimum absolute atomic E-state index is 0.0309. The zero-order valence-electron chi connectivity index (χ0n) is 21.2. The molecule has 0 aliphatic rings. The van der Waals surface area contributed by atoms with Gasteiger partial charge in [-0.05, 0) is 72.6 Å². The van der Waals surface area contributed by atoms with Crippen LogP contribution in [0, 0.1) is 6.92 Å². The summed E-state index contributed by atoms with van der Waals surface area (Å²) in [6.07, 6.45) is 0. The third-order valence-electron chi connectivity index (χ3n) is 4.68. The van der Waals surface area contributed by atoms with Crippen LogP contribution in [-0.2, 0) is 35.8 Å². The van der Waals surface area contributed by atoms with E-state index in [0.29, 0.717) is 5.69 Å². The number of aryl methyl sites for hydroxylation is 1. The van der Waals surface area contributed by atoms with Gasteiger partial charge < -0.3 is 20.1 Å². The van der Waals surface area contributed by atoms with E-state index in [2.05, 4.69) is 50.0 Å². The molecular weight excluding hydrogens is 677 g/mol. The van der Waals surface area contributed by atoms with Gasteiger partial charge in [0, 0.05) is 11.4 Å². The fourth-order valence-electron chi connectivity index (χ4n) is 3.09. The molecule has 2 aromatic carbocycles. The summed E-state index contributed by atoms with van der Waals surface area (Å²) in [6, 6.07) is 9.59. The lowest BCUT2D eigenvalue weighted by Crippen LogP contribution is -2.13. The summed E-state index contributed by atoms with van der Waals surface area (Å²) in [5.74, 6) is -0.746. The first kappa shape index (κ1) is 32.1. The van der Waals surface area contributed by atoms with E-state index in [-0.39, 0.29) is 51.4 Å². The highest BCUT2D eigenvalue weighted by molar-refractivity contribution is 7.86. The second-order valence-corrected chi connectivity index (χ2v) is 12.0. The van der Waals surface area contributed by atoms with Crippen molar-refractivity contribution >= 4 is 89.7 Å². The van der Waals surface area contributed by atoms with Gasteiger partial charge in [0.05, 0.1) is 5.69 Å². The maximum atomic E-state index is 12.1. The molecule has 0 fully saturated rings. The van der Waals surface area contributed by atoms with E-state index in [1.54, 1.807) is 6.92 Å². The first-order valence-corrected chi connectivity index (χ1v) is 15.9. The van der Waals surface area contributed by atoms with Gasteiger partial charge in [0.2, 0.25) is 39.5 Å². The molecule has 2 aromatic heterocycles. The Morgan fingerprint density at radius 3 is 1.93 bits per heavy atom. The molecule has 23 heteroatoms. The third kappa shape index (κ3) is 9.86. The van der Waals surface area contributed by atoms with Crippen LogP contribution in [0.15, 0.2) is 47.4 Å². The molecule has 0 saturated heterocycles. The zero-order chi connectivity index (χ0) is 31.4. The Bertz CT molecular complexity index is 1880. The Morgan fingerprint density at radius 1 is 0.791 bits per heavy atom. The van der Waals surface area contributed by atoms with Crippen molar-refractivity contribution in [3.05, 3.63) is 58.9 Å². The molecule has 1 unspecified atom stereocenters. The monoisotopic (exact) mass is 693 g/mol. The largest absolute Gasteiger partial charge is 0.399 e. The number of benzene rings is 2. The zero-order valence-corrected chi connectivity index (χ0v) is 25.1. The highest BCUT2D eigenvalue weighted by Gasteiger charge is 2.19.